The first-order chi connectivity index (χ1) is 7.25. The highest BCUT2D eigenvalue weighted by Crippen LogP contribution is 2.31. The summed E-state index contributed by atoms with van der Waals surface area (Å²) in [5.74, 6) is 0. The molecule has 2 aromatic heterocycles. The van der Waals surface area contributed by atoms with Crippen LogP contribution in [0.4, 0.5) is 0 Å². The zero-order valence-corrected chi connectivity index (χ0v) is 10.7. The summed E-state index contributed by atoms with van der Waals surface area (Å²) in [6.45, 7) is 0. The SMILES string of the molecule is Clc1cnc(Sc2ccccn2)c(Br)c1. The van der Waals surface area contributed by atoms with Gasteiger partial charge in [0.05, 0.1) is 9.50 Å². The predicted octanol–water partition coefficient (Wildman–Crippen LogP) is 4.04. The van der Waals surface area contributed by atoms with Crippen LogP contribution in [-0.2, 0) is 0 Å². The number of hydrogen-bond acceptors (Lipinski definition) is 3. The van der Waals surface area contributed by atoms with Gasteiger partial charge in [-0.15, -0.1) is 0 Å². The predicted molar refractivity (Wildman–Crippen MR) is 65.3 cm³/mol. The van der Waals surface area contributed by atoms with Gasteiger partial charge in [0.15, 0.2) is 0 Å². The van der Waals surface area contributed by atoms with E-state index >= 15 is 0 Å². The molecule has 0 aliphatic heterocycles. The lowest BCUT2D eigenvalue weighted by Crippen LogP contribution is -1.83. The van der Waals surface area contributed by atoms with Crippen molar-refractivity contribution in [2.75, 3.05) is 0 Å². The van der Waals surface area contributed by atoms with Crippen LogP contribution in [0.3, 0.4) is 0 Å². The zero-order chi connectivity index (χ0) is 10.7. The van der Waals surface area contributed by atoms with Crippen LogP contribution in [0.25, 0.3) is 0 Å². The van der Waals surface area contributed by atoms with Crippen LogP contribution in [0.2, 0.25) is 5.02 Å². The molecule has 0 aliphatic rings. The van der Waals surface area contributed by atoms with Gasteiger partial charge >= 0.3 is 0 Å². The van der Waals surface area contributed by atoms with E-state index in [4.69, 9.17) is 11.6 Å². The normalized spacial score (nSPS) is 10.3. The molecule has 2 aromatic rings. The van der Waals surface area contributed by atoms with E-state index < -0.39 is 0 Å². The average molecular weight is 302 g/mol. The van der Waals surface area contributed by atoms with E-state index in [-0.39, 0.29) is 0 Å². The van der Waals surface area contributed by atoms with Gasteiger partial charge < -0.3 is 0 Å². The van der Waals surface area contributed by atoms with E-state index in [1.54, 1.807) is 12.4 Å². The minimum absolute atomic E-state index is 0.618. The molecule has 2 rings (SSSR count). The molecule has 0 amide bonds. The van der Waals surface area contributed by atoms with Gasteiger partial charge in [-0.3, -0.25) is 0 Å². The number of aromatic nitrogens is 2. The largest absolute Gasteiger partial charge is 0.250 e. The lowest BCUT2D eigenvalue weighted by Gasteiger charge is -2.02. The Bertz CT molecular complexity index is 464. The maximum absolute atomic E-state index is 5.80. The fourth-order valence-corrected chi connectivity index (χ4v) is 2.59. The summed E-state index contributed by atoms with van der Waals surface area (Å²) in [7, 11) is 0. The molecule has 0 bridgehead atoms. The molecule has 0 fully saturated rings. The Morgan fingerprint density at radius 2 is 2.13 bits per heavy atom. The monoisotopic (exact) mass is 300 g/mol. The van der Waals surface area contributed by atoms with Crippen molar-refractivity contribution in [3.05, 3.63) is 46.2 Å². The Balaban J connectivity index is 2.25. The average Bonchev–Trinajstić information content (AvgIpc) is 2.24. The van der Waals surface area contributed by atoms with Crippen LogP contribution in [0.1, 0.15) is 0 Å². The minimum Gasteiger partial charge on any atom is -0.250 e. The molecule has 0 saturated carbocycles. The third kappa shape index (κ3) is 2.93. The quantitative estimate of drug-likeness (QED) is 0.837. The molecular formula is C10H6BrClN2S. The second-order valence-corrected chi connectivity index (χ2v) is 5.01. The smallest absolute Gasteiger partial charge is 0.117 e. The molecule has 0 aromatic carbocycles. The first-order valence-electron chi connectivity index (χ1n) is 4.15. The third-order valence-corrected chi connectivity index (χ3v) is 3.66. The number of halogens is 2. The van der Waals surface area contributed by atoms with Crippen molar-refractivity contribution in [1.29, 1.82) is 0 Å². The number of pyridine rings is 2. The molecule has 15 heavy (non-hydrogen) atoms. The van der Waals surface area contributed by atoms with Crippen LogP contribution < -0.4 is 0 Å². The molecule has 2 heterocycles. The molecular weight excluding hydrogens is 296 g/mol. The molecule has 0 aliphatic carbocycles. The van der Waals surface area contributed by atoms with Crippen molar-refractivity contribution in [1.82, 2.24) is 9.97 Å². The highest BCUT2D eigenvalue weighted by molar-refractivity contribution is 9.10. The molecule has 0 N–H and O–H groups in total. The Kier molecular flexibility index (Phi) is 3.61. The first-order valence-corrected chi connectivity index (χ1v) is 6.14. The second kappa shape index (κ2) is 4.96. The zero-order valence-electron chi connectivity index (χ0n) is 7.52. The summed E-state index contributed by atoms with van der Waals surface area (Å²) in [6, 6.07) is 7.58. The van der Waals surface area contributed by atoms with Crippen molar-refractivity contribution in [2.24, 2.45) is 0 Å². The van der Waals surface area contributed by atoms with Crippen molar-refractivity contribution < 1.29 is 0 Å². The summed E-state index contributed by atoms with van der Waals surface area (Å²) >= 11 is 10.7. The topological polar surface area (TPSA) is 25.8 Å². The van der Waals surface area contributed by atoms with Gasteiger partial charge in [-0.25, -0.2) is 9.97 Å². The lowest BCUT2D eigenvalue weighted by atomic mass is 10.5. The Morgan fingerprint density at radius 3 is 2.80 bits per heavy atom. The van der Waals surface area contributed by atoms with Crippen molar-refractivity contribution >= 4 is 39.3 Å². The minimum atomic E-state index is 0.618. The van der Waals surface area contributed by atoms with Crippen LogP contribution in [0.5, 0.6) is 0 Å². The van der Waals surface area contributed by atoms with E-state index in [0.29, 0.717) is 5.02 Å². The highest BCUT2D eigenvalue weighted by atomic mass is 79.9. The second-order valence-electron chi connectivity index (χ2n) is 2.71. The molecule has 2 nitrogen and oxygen atoms in total. The van der Waals surface area contributed by atoms with Crippen LogP contribution in [0.15, 0.2) is 51.2 Å². The fourth-order valence-electron chi connectivity index (χ4n) is 0.984. The van der Waals surface area contributed by atoms with E-state index in [1.165, 1.54) is 11.8 Å². The standard InChI is InChI=1S/C10H6BrClN2S/c11-8-5-7(12)6-14-10(8)15-9-3-1-2-4-13-9/h1-6H. The van der Waals surface area contributed by atoms with Gasteiger partial charge in [0.25, 0.3) is 0 Å². The highest BCUT2D eigenvalue weighted by Gasteiger charge is 2.04. The van der Waals surface area contributed by atoms with Crippen LogP contribution in [0, 0.1) is 0 Å². The maximum atomic E-state index is 5.80. The summed E-state index contributed by atoms with van der Waals surface area (Å²) < 4.78 is 0.880. The van der Waals surface area contributed by atoms with Crippen molar-refractivity contribution in [3.63, 3.8) is 0 Å². The van der Waals surface area contributed by atoms with E-state index in [2.05, 4.69) is 25.9 Å². The molecule has 76 valence electrons. The van der Waals surface area contributed by atoms with Crippen LogP contribution >= 0.6 is 39.3 Å². The van der Waals surface area contributed by atoms with E-state index in [0.717, 1.165) is 14.5 Å². The molecule has 0 radical (unpaired) electrons. The summed E-state index contributed by atoms with van der Waals surface area (Å²) in [5.41, 5.74) is 0. The third-order valence-electron chi connectivity index (χ3n) is 1.61. The molecule has 0 saturated heterocycles. The van der Waals surface area contributed by atoms with Gasteiger partial charge in [-0.1, -0.05) is 17.7 Å². The first kappa shape index (κ1) is 10.9. The van der Waals surface area contributed by atoms with E-state index in [9.17, 15) is 0 Å². The summed E-state index contributed by atoms with van der Waals surface area (Å²) in [5, 5.41) is 2.39. The molecule has 0 spiro atoms. The maximum Gasteiger partial charge on any atom is 0.117 e. The van der Waals surface area contributed by atoms with Gasteiger partial charge in [0.1, 0.15) is 10.1 Å². The lowest BCUT2D eigenvalue weighted by molar-refractivity contribution is 1.08. The number of nitrogens with zero attached hydrogens (tertiary/aromatic N) is 2. The molecule has 0 unspecified atom stereocenters. The van der Waals surface area contributed by atoms with Crippen LogP contribution in [-0.4, -0.2) is 9.97 Å². The summed E-state index contributed by atoms with van der Waals surface area (Å²) in [4.78, 5) is 8.42. The van der Waals surface area contributed by atoms with Gasteiger partial charge in [-0.05, 0) is 45.9 Å². The molecule has 0 atom stereocenters. The number of hydrogen-bond donors (Lipinski definition) is 0. The van der Waals surface area contributed by atoms with Gasteiger partial charge in [0.2, 0.25) is 0 Å². The fraction of sp³-hybridized carbons (Fsp3) is 0. The Hall–Kier alpha value is -0.580. The Morgan fingerprint density at radius 1 is 1.27 bits per heavy atom. The Labute approximate surface area is 105 Å². The number of rotatable bonds is 2. The van der Waals surface area contributed by atoms with Crippen molar-refractivity contribution in [3.8, 4) is 0 Å². The molecule has 5 heteroatoms. The van der Waals surface area contributed by atoms with Crippen molar-refractivity contribution in [2.45, 2.75) is 10.1 Å². The van der Waals surface area contributed by atoms with Gasteiger partial charge in [0, 0.05) is 12.4 Å². The van der Waals surface area contributed by atoms with E-state index in [1.807, 2.05) is 24.3 Å². The summed E-state index contributed by atoms with van der Waals surface area (Å²) in [6.07, 6.45) is 3.38. The van der Waals surface area contributed by atoms with Gasteiger partial charge in [-0.2, -0.15) is 0 Å².